The van der Waals surface area contributed by atoms with Crippen LogP contribution < -0.4 is 0 Å². The summed E-state index contributed by atoms with van der Waals surface area (Å²) in [6.45, 7) is 9.82. The summed E-state index contributed by atoms with van der Waals surface area (Å²) >= 11 is 0. The van der Waals surface area contributed by atoms with Crippen LogP contribution in [-0.4, -0.2) is 59.3 Å². The van der Waals surface area contributed by atoms with Crippen molar-refractivity contribution in [3.63, 3.8) is 0 Å². The molecule has 7 heteroatoms. The maximum atomic E-state index is 12.4. The molecule has 5 aliphatic rings. The van der Waals surface area contributed by atoms with E-state index in [1.165, 1.54) is 0 Å². The van der Waals surface area contributed by atoms with Crippen LogP contribution in [0.2, 0.25) is 0 Å². The van der Waals surface area contributed by atoms with E-state index in [1.54, 1.807) is 19.9 Å². The van der Waals surface area contributed by atoms with E-state index in [4.69, 9.17) is 18.9 Å². The number of aliphatic hydroxyl groups excluding tert-OH is 1. The molecule has 146 valence electrons. The summed E-state index contributed by atoms with van der Waals surface area (Å²) in [4.78, 5) is 24.8. The lowest BCUT2D eigenvalue weighted by atomic mass is 9.76. The Morgan fingerprint density at radius 1 is 1.41 bits per heavy atom. The lowest BCUT2D eigenvalue weighted by molar-refractivity contribution is -0.149. The summed E-state index contributed by atoms with van der Waals surface area (Å²) < 4.78 is 23.2. The van der Waals surface area contributed by atoms with Crippen molar-refractivity contribution in [2.45, 2.75) is 62.8 Å². The Hall–Kier alpha value is -1.70. The Kier molecular flexibility index (Phi) is 3.36. The van der Waals surface area contributed by atoms with Crippen molar-refractivity contribution >= 4 is 11.9 Å². The number of esters is 2. The molecule has 5 rings (SSSR count). The molecule has 2 aliphatic carbocycles. The first kappa shape index (κ1) is 17.4. The highest BCUT2D eigenvalue weighted by Gasteiger charge is 2.81. The van der Waals surface area contributed by atoms with E-state index in [0.29, 0.717) is 24.2 Å². The van der Waals surface area contributed by atoms with Gasteiger partial charge in [0.2, 0.25) is 0 Å². The molecule has 3 aliphatic heterocycles. The first-order valence-electron chi connectivity index (χ1n) is 9.47. The zero-order valence-electron chi connectivity index (χ0n) is 15.6. The maximum absolute atomic E-state index is 12.4. The van der Waals surface area contributed by atoms with E-state index < -0.39 is 47.4 Å². The Morgan fingerprint density at radius 2 is 2.11 bits per heavy atom. The number of aliphatic hydroxyl groups is 1. The molecule has 27 heavy (non-hydrogen) atoms. The van der Waals surface area contributed by atoms with Crippen molar-refractivity contribution in [3.05, 3.63) is 23.8 Å². The van der Waals surface area contributed by atoms with Crippen molar-refractivity contribution in [2.75, 3.05) is 6.61 Å². The fourth-order valence-electron chi connectivity index (χ4n) is 5.65. The first-order valence-corrected chi connectivity index (χ1v) is 9.47. The van der Waals surface area contributed by atoms with E-state index in [1.807, 2.05) is 6.92 Å². The van der Waals surface area contributed by atoms with Crippen LogP contribution in [0.3, 0.4) is 0 Å². The number of fused-ring (bicyclic) bond motifs is 6. The topological polar surface area (TPSA) is 97.9 Å². The quantitative estimate of drug-likeness (QED) is 0.434. The standard InChI is InChI=1S/C20H24O7/c1-5-8(2)17(22)25-10-6-20(7-24-20)12-13(19(4)16(27-19)14(12)21)15-11(10)9(3)18(23)26-15/h5,10-16,21H,3,6-7H2,1-2,4H3/b8-5-/t10-,11+,12-,13-,14+,15-,16-,19+,20+/m0/s1. The molecule has 0 radical (unpaired) electrons. The van der Waals surface area contributed by atoms with Crippen LogP contribution in [0.4, 0.5) is 0 Å². The van der Waals surface area contributed by atoms with Crippen molar-refractivity contribution in [3.8, 4) is 0 Å². The Bertz CT molecular complexity index is 781. The Balaban J connectivity index is 1.56. The Morgan fingerprint density at radius 3 is 2.74 bits per heavy atom. The smallest absolute Gasteiger partial charge is 0.334 e. The third-order valence-electron chi connectivity index (χ3n) is 7.31. The molecule has 0 aromatic rings. The average molecular weight is 376 g/mol. The molecule has 0 bridgehead atoms. The monoisotopic (exact) mass is 376 g/mol. The molecular formula is C20H24O7. The van der Waals surface area contributed by atoms with Crippen molar-refractivity contribution in [1.82, 2.24) is 0 Å². The van der Waals surface area contributed by atoms with Crippen molar-refractivity contribution in [1.29, 1.82) is 0 Å². The van der Waals surface area contributed by atoms with Gasteiger partial charge in [-0.3, -0.25) is 0 Å². The van der Waals surface area contributed by atoms with E-state index in [2.05, 4.69) is 6.58 Å². The molecular weight excluding hydrogens is 352 g/mol. The minimum atomic E-state index is -0.692. The molecule has 5 fully saturated rings. The first-order chi connectivity index (χ1) is 12.7. The number of allylic oxidation sites excluding steroid dienone is 1. The fourth-order valence-corrected chi connectivity index (χ4v) is 5.65. The summed E-state index contributed by atoms with van der Waals surface area (Å²) in [5.41, 5.74) is -0.324. The molecule has 3 heterocycles. The maximum Gasteiger partial charge on any atom is 0.334 e. The molecule has 7 nitrogen and oxygen atoms in total. The summed E-state index contributed by atoms with van der Waals surface area (Å²) in [6.07, 6.45) is -0.0127. The van der Waals surface area contributed by atoms with Gasteiger partial charge in [0, 0.05) is 29.4 Å². The third kappa shape index (κ3) is 2.13. The van der Waals surface area contributed by atoms with Gasteiger partial charge in [-0.1, -0.05) is 12.7 Å². The van der Waals surface area contributed by atoms with Crippen LogP contribution in [0.15, 0.2) is 23.8 Å². The van der Waals surface area contributed by atoms with Gasteiger partial charge in [0.05, 0.1) is 18.6 Å². The van der Waals surface area contributed by atoms with E-state index in [0.717, 1.165) is 0 Å². The molecule has 0 aromatic heterocycles. The molecule has 9 atom stereocenters. The molecule has 0 amide bonds. The minimum Gasteiger partial charge on any atom is -0.458 e. The van der Waals surface area contributed by atoms with Crippen LogP contribution in [0, 0.1) is 17.8 Å². The van der Waals surface area contributed by atoms with Crippen molar-refractivity contribution in [2.24, 2.45) is 17.8 Å². The second-order valence-electron chi connectivity index (χ2n) is 8.66. The molecule has 2 saturated carbocycles. The van der Waals surface area contributed by atoms with Crippen LogP contribution in [0.5, 0.6) is 0 Å². The van der Waals surface area contributed by atoms with E-state index in [-0.39, 0.29) is 17.9 Å². The number of carbonyl (C=O) groups excluding carboxylic acids is 2. The summed E-state index contributed by atoms with van der Waals surface area (Å²) in [5, 5.41) is 10.9. The molecule has 1 N–H and O–H groups in total. The molecule has 0 unspecified atom stereocenters. The van der Waals surface area contributed by atoms with Gasteiger partial charge in [0.1, 0.15) is 29.5 Å². The molecule has 1 spiro atoms. The van der Waals surface area contributed by atoms with Crippen LogP contribution in [-0.2, 0) is 28.5 Å². The molecule has 3 saturated heterocycles. The number of ether oxygens (including phenoxy) is 4. The highest BCUT2D eigenvalue weighted by atomic mass is 16.6. The summed E-state index contributed by atoms with van der Waals surface area (Å²) in [6, 6.07) is 0. The zero-order valence-corrected chi connectivity index (χ0v) is 15.6. The second-order valence-corrected chi connectivity index (χ2v) is 8.66. The van der Waals surface area contributed by atoms with Crippen molar-refractivity contribution < 1.29 is 33.6 Å². The lowest BCUT2D eigenvalue weighted by Gasteiger charge is -2.33. The molecule has 0 aromatic carbocycles. The zero-order chi connectivity index (χ0) is 19.3. The van der Waals surface area contributed by atoms with E-state index in [9.17, 15) is 14.7 Å². The normalized spacial score (nSPS) is 52.6. The number of rotatable bonds is 2. The predicted octanol–water partition coefficient (Wildman–Crippen LogP) is 0.899. The highest BCUT2D eigenvalue weighted by molar-refractivity contribution is 5.91. The van der Waals surface area contributed by atoms with Gasteiger partial charge in [0.25, 0.3) is 0 Å². The summed E-state index contributed by atoms with van der Waals surface area (Å²) in [5.74, 6) is -1.81. The largest absolute Gasteiger partial charge is 0.458 e. The number of carbonyl (C=O) groups is 2. The van der Waals surface area contributed by atoms with Crippen LogP contribution >= 0.6 is 0 Å². The van der Waals surface area contributed by atoms with E-state index >= 15 is 0 Å². The van der Waals surface area contributed by atoms with Gasteiger partial charge >= 0.3 is 11.9 Å². The summed E-state index contributed by atoms with van der Waals surface area (Å²) in [7, 11) is 0. The van der Waals surface area contributed by atoms with Gasteiger partial charge < -0.3 is 24.1 Å². The Labute approximate surface area is 157 Å². The minimum absolute atomic E-state index is 0.222. The van der Waals surface area contributed by atoms with Gasteiger partial charge in [0.15, 0.2) is 0 Å². The number of hydrogen-bond donors (Lipinski definition) is 1. The highest BCUT2D eigenvalue weighted by Crippen LogP contribution is 2.67. The number of hydrogen-bond acceptors (Lipinski definition) is 7. The van der Waals surface area contributed by atoms with Gasteiger partial charge in [-0.05, 0) is 20.8 Å². The third-order valence-corrected chi connectivity index (χ3v) is 7.31. The van der Waals surface area contributed by atoms with Gasteiger partial charge in [-0.15, -0.1) is 0 Å². The van der Waals surface area contributed by atoms with Crippen LogP contribution in [0.25, 0.3) is 0 Å². The van der Waals surface area contributed by atoms with Gasteiger partial charge in [-0.2, -0.15) is 0 Å². The van der Waals surface area contributed by atoms with Gasteiger partial charge in [-0.25, -0.2) is 9.59 Å². The lowest BCUT2D eigenvalue weighted by Crippen LogP contribution is -2.44. The van der Waals surface area contributed by atoms with Crippen LogP contribution in [0.1, 0.15) is 27.2 Å². The second kappa shape index (κ2) is 5.21. The SMILES string of the molecule is C=C1C(=O)O[C@H]2[C@H]1[C@@H](OC(=O)/C(C)=C\C)C[C@@]1(CO1)[C@@H]1[C@@H](O)[C@@H]3O[C@]3(C)[C@H]21. The number of epoxide rings is 2. The average Bonchev–Trinajstić information content (AvgIpc) is 3.50. The fraction of sp³-hybridized carbons (Fsp3) is 0.700. The predicted molar refractivity (Wildman–Crippen MR) is 91.4 cm³/mol.